The molecule has 0 spiro atoms. The highest BCUT2D eigenvalue weighted by molar-refractivity contribution is 7.80. The second kappa shape index (κ2) is 8.46. The first-order chi connectivity index (χ1) is 13.5. The van der Waals surface area contributed by atoms with E-state index in [4.69, 9.17) is 22.2 Å². The summed E-state index contributed by atoms with van der Waals surface area (Å²) >= 11 is 5.20. The van der Waals surface area contributed by atoms with Gasteiger partial charge in [0.1, 0.15) is 17.4 Å². The van der Waals surface area contributed by atoms with Crippen LogP contribution in [0.3, 0.4) is 0 Å². The summed E-state index contributed by atoms with van der Waals surface area (Å²) in [7, 11) is 0. The predicted molar refractivity (Wildman–Crippen MR) is 110 cm³/mol. The Kier molecular flexibility index (Phi) is 5.82. The molecule has 140 valence electrons. The second-order valence-corrected chi connectivity index (χ2v) is 6.38. The molecule has 0 saturated carbocycles. The van der Waals surface area contributed by atoms with E-state index in [1.807, 2.05) is 25.1 Å². The van der Waals surface area contributed by atoms with Gasteiger partial charge in [0.05, 0.1) is 5.69 Å². The fourth-order valence-electron chi connectivity index (χ4n) is 2.72. The smallest absolute Gasteiger partial charge is 0.270 e. The number of carbonyl (C=O) groups excluding carboxylic acids is 2. The molecule has 0 radical (unpaired) electrons. The Labute approximate surface area is 168 Å². The average Bonchev–Trinajstić information content (AvgIpc) is 2.71. The molecule has 1 saturated heterocycles. The summed E-state index contributed by atoms with van der Waals surface area (Å²) in [5, 5.41) is 11.2. The van der Waals surface area contributed by atoms with E-state index in [9.17, 15) is 9.59 Å². The average molecular weight is 391 g/mol. The van der Waals surface area contributed by atoms with Gasteiger partial charge < -0.3 is 4.74 Å². The zero-order valence-electron chi connectivity index (χ0n) is 15.1. The van der Waals surface area contributed by atoms with Crippen molar-refractivity contribution < 1.29 is 14.3 Å². The minimum absolute atomic E-state index is 0.0149. The predicted octanol–water partition coefficient (Wildman–Crippen LogP) is 2.98. The van der Waals surface area contributed by atoms with Gasteiger partial charge in [-0.05, 0) is 60.1 Å². The molecule has 1 N–H and O–H groups in total. The van der Waals surface area contributed by atoms with E-state index in [1.54, 1.807) is 36.4 Å². The molecule has 2 aromatic rings. The Hall–Kier alpha value is -3.50. The Balaban J connectivity index is 1.88. The molecule has 2 aromatic carbocycles. The number of nitriles is 1. The highest BCUT2D eigenvalue weighted by Gasteiger charge is 2.34. The topological polar surface area (TPSA) is 82.4 Å². The Morgan fingerprint density at radius 3 is 2.43 bits per heavy atom. The normalized spacial score (nSPS) is 15.4. The molecule has 3 rings (SSSR count). The molecule has 1 fully saturated rings. The largest absolute Gasteiger partial charge is 0.479 e. The molecular weight excluding hydrogens is 374 g/mol. The highest BCUT2D eigenvalue weighted by atomic mass is 32.1. The lowest BCUT2D eigenvalue weighted by molar-refractivity contribution is -0.122. The Morgan fingerprint density at radius 2 is 1.82 bits per heavy atom. The van der Waals surface area contributed by atoms with Crippen molar-refractivity contribution in [2.45, 2.75) is 13.3 Å². The second-order valence-electron chi connectivity index (χ2n) is 5.99. The van der Waals surface area contributed by atoms with Crippen LogP contribution in [0.1, 0.15) is 18.1 Å². The van der Waals surface area contributed by atoms with Crippen LogP contribution in [0.4, 0.5) is 5.69 Å². The zero-order valence-corrected chi connectivity index (χ0v) is 16.0. The number of carbonyl (C=O) groups is 2. The van der Waals surface area contributed by atoms with E-state index in [1.165, 1.54) is 11.0 Å². The highest BCUT2D eigenvalue weighted by Crippen LogP contribution is 2.23. The maximum atomic E-state index is 13.0. The van der Waals surface area contributed by atoms with E-state index in [-0.39, 0.29) is 17.3 Å². The molecule has 0 unspecified atom stereocenters. The minimum Gasteiger partial charge on any atom is -0.479 e. The van der Waals surface area contributed by atoms with Crippen molar-refractivity contribution in [3.8, 4) is 11.8 Å². The summed E-state index contributed by atoms with van der Waals surface area (Å²) in [6.07, 6.45) is 2.38. The molecule has 1 aliphatic heterocycles. The summed E-state index contributed by atoms with van der Waals surface area (Å²) in [5.74, 6) is -0.494. The number of rotatable bonds is 5. The third-order valence-corrected chi connectivity index (χ3v) is 4.48. The summed E-state index contributed by atoms with van der Waals surface area (Å²) in [6.45, 7) is 1.99. The van der Waals surface area contributed by atoms with E-state index in [0.29, 0.717) is 17.0 Å². The number of nitrogens with zero attached hydrogens (tertiary/aromatic N) is 2. The molecule has 28 heavy (non-hydrogen) atoms. The van der Waals surface area contributed by atoms with Crippen molar-refractivity contribution in [3.05, 3.63) is 65.2 Å². The van der Waals surface area contributed by atoms with Crippen molar-refractivity contribution in [2.24, 2.45) is 0 Å². The minimum atomic E-state index is -0.541. The summed E-state index contributed by atoms with van der Waals surface area (Å²) in [5.41, 5.74) is 2.37. The van der Waals surface area contributed by atoms with Crippen LogP contribution in [0, 0.1) is 11.3 Å². The lowest BCUT2D eigenvalue weighted by atomic mass is 10.1. The summed E-state index contributed by atoms with van der Waals surface area (Å²) in [6, 6.07) is 16.1. The van der Waals surface area contributed by atoms with Gasteiger partial charge in [-0.25, -0.2) is 0 Å². The first kappa shape index (κ1) is 19.3. The van der Waals surface area contributed by atoms with Gasteiger partial charge in [0.2, 0.25) is 0 Å². The van der Waals surface area contributed by atoms with E-state index < -0.39 is 11.8 Å². The van der Waals surface area contributed by atoms with E-state index >= 15 is 0 Å². The zero-order chi connectivity index (χ0) is 20.1. The van der Waals surface area contributed by atoms with Gasteiger partial charge in [-0.2, -0.15) is 5.26 Å². The number of thiocarbonyl (C=S) groups is 1. The molecule has 1 heterocycles. The Morgan fingerprint density at radius 1 is 1.14 bits per heavy atom. The fourth-order valence-corrected chi connectivity index (χ4v) is 3.00. The van der Waals surface area contributed by atoms with Crippen LogP contribution in [-0.4, -0.2) is 23.5 Å². The van der Waals surface area contributed by atoms with Crippen LogP contribution in [0.2, 0.25) is 0 Å². The molecule has 0 aliphatic carbocycles. The van der Waals surface area contributed by atoms with Gasteiger partial charge in [0.25, 0.3) is 11.8 Å². The summed E-state index contributed by atoms with van der Waals surface area (Å²) < 4.78 is 5.20. The number of aryl methyl sites for hydroxylation is 1. The SMILES string of the molecule is CCc1ccc(N2C(=O)C(=Cc3ccc(OCC#N)cc3)C(=O)NC2=S)cc1. The lowest BCUT2D eigenvalue weighted by Crippen LogP contribution is -2.54. The fraction of sp³-hybridized carbons (Fsp3) is 0.143. The number of hydrogen-bond acceptors (Lipinski definition) is 5. The molecule has 0 atom stereocenters. The van der Waals surface area contributed by atoms with E-state index in [0.717, 1.165) is 12.0 Å². The monoisotopic (exact) mass is 391 g/mol. The van der Waals surface area contributed by atoms with Crippen LogP contribution in [0.15, 0.2) is 54.1 Å². The molecule has 6 nitrogen and oxygen atoms in total. The van der Waals surface area contributed by atoms with E-state index in [2.05, 4.69) is 5.32 Å². The third kappa shape index (κ3) is 4.08. The molecule has 7 heteroatoms. The molecule has 0 bridgehead atoms. The lowest BCUT2D eigenvalue weighted by Gasteiger charge is -2.29. The number of hydrogen-bond donors (Lipinski definition) is 1. The van der Waals surface area contributed by atoms with Crippen molar-refractivity contribution in [1.29, 1.82) is 5.26 Å². The molecule has 0 aromatic heterocycles. The van der Waals surface area contributed by atoms with Crippen molar-refractivity contribution in [3.63, 3.8) is 0 Å². The van der Waals surface area contributed by atoms with Crippen LogP contribution in [0.5, 0.6) is 5.75 Å². The van der Waals surface area contributed by atoms with Gasteiger partial charge in [-0.3, -0.25) is 19.8 Å². The van der Waals surface area contributed by atoms with Crippen LogP contribution >= 0.6 is 12.2 Å². The van der Waals surface area contributed by atoms with Gasteiger partial charge in [0.15, 0.2) is 11.7 Å². The molecule has 2 amide bonds. The van der Waals surface area contributed by atoms with Crippen LogP contribution in [0.25, 0.3) is 6.08 Å². The quantitative estimate of drug-likeness (QED) is 0.481. The molecule has 1 aliphatic rings. The standard InChI is InChI=1S/C21H17N3O3S/c1-2-14-3-7-16(8-4-14)24-20(26)18(19(25)23-21(24)28)13-15-5-9-17(10-6-15)27-12-11-22/h3-10,13H,2,12H2,1H3,(H,23,25,28). The number of ether oxygens (including phenoxy) is 1. The maximum absolute atomic E-state index is 13.0. The van der Waals surface area contributed by atoms with Gasteiger partial charge in [-0.15, -0.1) is 0 Å². The number of anilines is 1. The number of nitrogens with one attached hydrogen (secondary N) is 1. The summed E-state index contributed by atoms with van der Waals surface area (Å²) in [4.78, 5) is 26.6. The maximum Gasteiger partial charge on any atom is 0.270 e. The van der Waals surface area contributed by atoms with Crippen molar-refractivity contribution in [1.82, 2.24) is 5.32 Å². The van der Waals surface area contributed by atoms with Gasteiger partial charge in [-0.1, -0.05) is 31.2 Å². The van der Waals surface area contributed by atoms with Gasteiger partial charge in [0, 0.05) is 0 Å². The number of amides is 2. The van der Waals surface area contributed by atoms with Crippen LogP contribution in [-0.2, 0) is 16.0 Å². The Bertz CT molecular complexity index is 989. The van der Waals surface area contributed by atoms with Crippen LogP contribution < -0.4 is 15.0 Å². The first-order valence-electron chi connectivity index (χ1n) is 8.63. The van der Waals surface area contributed by atoms with Crippen molar-refractivity contribution >= 4 is 40.9 Å². The van der Waals surface area contributed by atoms with Crippen molar-refractivity contribution in [2.75, 3.05) is 11.5 Å². The molecular formula is C21H17N3O3S. The third-order valence-electron chi connectivity index (χ3n) is 4.20. The first-order valence-corrected chi connectivity index (χ1v) is 9.04. The van der Waals surface area contributed by atoms with Gasteiger partial charge >= 0.3 is 0 Å². The number of benzene rings is 2.